The molecule has 18 heavy (non-hydrogen) atoms. The number of benzene rings is 1. The molecule has 1 atom stereocenters. The van der Waals surface area contributed by atoms with Gasteiger partial charge in [0.05, 0.1) is 19.8 Å². The Morgan fingerprint density at radius 3 is 2.61 bits per heavy atom. The Kier molecular flexibility index (Phi) is 7.01. The fourth-order valence-corrected chi connectivity index (χ4v) is 1.51. The van der Waals surface area contributed by atoms with Gasteiger partial charge in [0, 0.05) is 13.7 Å². The molecule has 1 unspecified atom stereocenters. The first-order valence-electron chi connectivity index (χ1n) is 5.83. The van der Waals surface area contributed by atoms with Gasteiger partial charge in [-0.2, -0.15) is 0 Å². The number of methoxy groups -OCH3 is 1. The monoisotopic (exact) mass is 253 g/mol. The van der Waals surface area contributed by atoms with Crippen molar-refractivity contribution in [2.24, 2.45) is 0 Å². The SMILES string of the molecule is COCCOCCNC(C(=O)O)c1ccccc1. The van der Waals surface area contributed by atoms with Crippen molar-refractivity contribution in [2.75, 3.05) is 33.5 Å². The zero-order chi connectivity index (χ0) is 13.2. The number of rotatable bonds is 9. The summed E-state index contributed by atoms with van der Waals surface area (Å²) in [5, 5.41) is 12.1. The standard InChI is InChI=1S/C13H19NO4/c1-17-9-10-18-8-7-14-12(13(15)16)11-5-3-2-4-6-11/h2-6,12,14H,7-10H2,1H3,(H,15,16). The van der Waals surface area contributed by atoms with Crippen LogP contribution in [0.1, 0.15) is 11.6 Å². The van der Waals surface area contributed by atoms with Crippen LogP contribution < -0.4 is 5.32 Å². The summed E-state index contributed by atoms with van der Waals surface area (Å²) >= 11 is 0. The number of aliphatic carboxylic acids is 1. The second kappa shape index (κ2) is 8.63. The van der Waals surface area contributed by atoms with Gasteiger partial charge in [0.1, 0.15) is 6.04 Å². The molecular formula is C13H19NO4. The summed E-state index contributed by atoms with van der Waals surface area (Å²) in [5.41, 5.74) is 0.738. The molecule has 0 aromatic heterocycles. The third-order valence-electron chi connectivity index (χ3n) is 2.41. The summed E-state index contributed by atoms with van der Waals surface area (Å²) in [4.78, 5) is 11.1. The van der Waals surface area contributed by atoms with Crippen molar-refractivity contribution in [3.63, 3.8) is 0 Å². The van der Waals surface area contributed by atoms with Crippen molar-refractivity contribution in [3.05, 3.63) is 35.9 Å². The van der Waals surface area contributed by atoms with Gasteiger partial charge in [-0.1, -0.05) is 30.3 Å². The van der Waals surface area contributed by atoms with Crippen molar-refractivity contribution in [3.8, 4) is 0 Å². The van der Waals surface area contributed by atoms with Gasteiger partial charge in [-0.05, 0) is 5.56 Å². The number of nitrogens with one attached hydrogen (secondary N) is 1. The van der Waals surface area contributed by atoms with Crippen molar-refractivity contribution in [1.82, 2.24) is 5.32 Å². The molecule has 0 aliphatic rings. The van der Waals surface area contributed by atoms with E-state index in [9.17, 15) is 4.79 Å². The Bertz CT molecular complexity index is 342. The molecular weight excluding hydrogens is 234 g/mol. The highest BCUT2D eigenvalue weighted by atomic mass is 16.5. The number of ether oxygens (including phenoxy) is 2. The number of carboxylic acids is 1. The predicted octanol–water partition coefficient (Wildman–Crippen LogP) is 1.06. The summed E-state index contributed by atoms with van der Waals surface area (Å²) in [5.74, 6) is -0.891. The smallest absolute Gasteiger partial charge is 0.325 e. The molecule has 0 aliphatic carbocycles. The molecule has 0 aliphatic heterocycles. The fourth-order valence-electron chi connectivity index (χ4n) is 1.51. The van der Waals surface area contributed by atoms with Crippen LogP contribution in [0.5, 0.6) is 0 Å². The summed E-state index contributed by atoms with van der Waals surface area (Å²) in [6, 6.07) is 8.38. The van der Waals surface area contributed by atoms with Crippen molar-refractivity contribution in [2.45, 2.75) is 6.04 Å². The minimum atomic E-state index is -0.891. The zero-order valence-corrected chi connectivity index (χ0v) is 10.5. The maximum Gasteiger partial charge on any atom is 0.325 e. The van der Waals surface area contributed by atoms with Gasteiger partial charge in [-0.3, -0.25) is 10.1 Å². The van der Waals surface area contributed by atoms with Crippen LogP contribution >= 0.6 is 0 Å². The molecule has 0 saturated heterocycles. The topological polar surface area (TPSA) is 67.8 Å². The molecule has 2 N–H and O–H groups in total. The molecule has 0 amide bonds. The van der Waals surface area contributed by atoms with Gasteiger partial charge in [0.15, 0.2) is 0 Å². The quantitative estimate of drug-likeness (QED) is 0.644. The van der Waals surface area contributed by atoms with E-state index in [4.69, 9.17) is 14.6 Å². The van der Waals surface area contributed by atoms with Gasteiger partial charge in [0.2, 0.25) is 0 Å². The van der Waals surface area contributed by atoms with Crippen LogP contribution in [0.25, 0.3) is 0 Å². The van der Waals surface area contributed by atoms with Gasteiger partial charge in [-0.15, -0.1) is 0 Å². The highest BCUT2D eigenvalue weighted by Crippen LogP contribution is 2.11. The van der Waals surface area contributed by atoms with Crippen molar-refractivity contribution < 1.29 is 19.4 Å². The molecule has 100 valence electrons. The van der Waals surface area contributed by atoms with Crippen LogP contribution in [0.3, 0.4) is 0 Å². The average molecular weight is 253 g/mol. The summed E-state index contributed by atoms with van der Waals surface area (Å²) < 4.78 is 10.1. The van der Waals surface area contributed by atoms with E-state index in [1.807, 2.05) is 18.2 Å². The van der Waals surface area contributed by atoms with Gasteiger partial charge < -0.3 is 14.6 Å². The molecule has 5 heteroatoms. The lowest BCUT2D eigenvalue weighted by Crippen LogP contribution is -2.31. The van der Waals surface area contributed by atoms with E-state index in [1.54, 1.807) is 19.2 Å². The Morgan fingerprint density at radius 1 is 1.28 bits per heavy atom. The average Bonchev–Trinajstić information content (AvgIpc) is 2.38. The normalized spacial score (nSPS) is 12.3. The number of carbonyl (C=O) groups is 1. The van der Waals surface area contributed by atoms with Crippen LogP contribution in [0.2, 0.25) is 0 Å². The lowest BCUT2D eigenvalue weighted by molar-refractivity contribution is -0.139. The Labute approximate surface area is 107 Å². The molecule has 0 heterocycles. The minimum Gasteiger partial charge on any atom is -0.480 e. The fraction of sp³-hybridized carbons (Fsp3) is 0.462. The Morgan fingerprint density at radius 2 is 2.00 bits per heavy atom. The lowest BCUT2D eigenvalue weighted by atomic mass is 10.1. The van der Waals surface area contributed by atoms with E-state index >= 15 is 0 Å². The first-order valence-corrected chi connectivity index (χ1v) is 5.83. The van der Waals surface area contributed by atoms with Gasteiger partial charge in [0.25, 0.3) is 0 Å². The lowest BCUT2D eigenvalue weighted by Gasteiger charge is -2.14. The largest absolute Gasteiger partial charge is 0.480 e. The molecule has 1 rings (SSSR count). The molecule has 0 radical (unpaired) electrons. The number of hydrogen-bond acceptors (Lipinski definition) is 4. The molecule has 0 spiro atoms. The molecule has 0 saturated carbocycles. The molecule has 1 aromatic rings. The number of hydrogen-bond donors (Lipinski definition) is 2. The van der Waals surface area contributed by atoms with E-state index < -0.39 is 12.0 Å². The molecule has 0 fully saturated rings. The summed E-state index contributed by atoms with van der Waals surface area (Å²) in [7, 11) is 1.61. The first-order chi connectivity index (χ1) is 8.75. The van der Waals surface area contributed by atoms with Gasteiger partial charge >= 0.3 is 5.97 Å². The van der Waals surface area contributed by atoms with Crippen LogP contribution in [0, 0.1) is 0 Å². The highest BCUT2D eigenvalue weighted by molar-refractivity contribution is 5.75. The van der Waals surface area contributed by atoms with E-state index in [1.165, 1.54) is 0 Å². The van der Waals surface area contributed by atoms with Crippen LogP contribution in [0.4, 0.5) is 0 Å². The second-order valence-electron chi connectivity index (χ2n) is 3.74. The number of carboxylic acid groups (broad SMARTS) is 1. The van der Waals surface area contributed by atoms with E-state index in [2.05, 4.69) is 5.32 Å². The van der Waals surface area contributed by atoms with Crippen molar-refractivity contribution >= 4 is 5.97 Å². The van der Waals surface area contributed by atoms with Crippen molar-refractivity contribution in [1.29, 1.82) is 0 Å². The van der Waals surface area contributed by atoms with E-state index in [0.29, 0.717) is 26.4 Å². The van der Waals surface area contributed by atoms with Crippen LogP contribution in [0.15, 0.2) is 30.3 Å². The second-order valence-corrected chi connectivity index (χ2v) is 3.74. The third kappa shape index (κ3) is 5.27. The molecule has 1 aromatic carbocycles. The van der Waals surface area contributed by atoms with E-state index in [-0.39, 0.29) is 0 Å². The zero-order valence-electron chi connectivity index (χ0n) is 10.5. The van der Waals surface area contributed by atoms with E-state index in [0.717, 1.165) is 5.56 Å². The maximum absolute atomic E-state index is 11.1. The third-order valence-corrected chi connectivity index (χ3v) is 2.41. The molecule has 0 bridgehead atoms. The Hall–Kier alpha value is -1.43. The van der Waals surface area contributed by atoms with Crippen LogP contribution in [-0.2, 0) is 14.3 Å². The van der Waals surface area contributed by atoms with Gasteiger partial charge in [-0.25, -0.2) is 0 Å². The maximum atomic E-state index is 11.1. The summed E-state index contributed by atoms with van der Waals surface area (Å²) in [6.07, 6.45) is 0. The van der Waals surface area contributed by atoms with Crippen LogP contribution in [-0.4, -0.2) is 44.6 Å². The molecule has 5 nitrogen and oxygen atoms in total. The predicted molar refractivity (Wildman–Crippen MR) is 67.5 cm³/mol. The minimum absolute atomic E-state index is 0.458. The Balaban J connectivity index is 2.34. The highest BCUT2D eigenvalue weighted by Gasteiger charge is 2.17. The first kappa shape index (κ1) is 14.6. The summed E-state index contributed by atoms with van der Waals surface area (Å²) in [6.45, 7) is 2.00.